The van der Waals surface area contributed by atoms with Crippen LogP contribution in [-0.2, 0) is 5.75 Å². The van der Waals surface area contributed by atoms with Crippen LogP contribution in [0.1, 0.15) is 32.9 Å². The number of rotatable bonds is 4. The third-order valence-corrected chi connectivity index (χ3v) is 4.07. The molecule has 1 aromatic carbocycles. The Morgan fingerprint density at radius 3 is 2.45 bits per heavy atom. The molecule has 0 aliphatic carbocycles. The zero-order valence-electron chi connectivity index (χ0n) is 11.7. The van der Waals surface area contributed by atoms with E-state index in [1.54, 1.807) is 18.2 Å². The van der Waals surface area contributed by atoms with E-state index in [1.165, 1.54) is 11.8 Å². The Hall–Kier alpha value is -1.88. The van der Waals surface area contributed by atoms with E-state index in [4.69, 9.17) is 5.11 Å². The molecule has 5 heteroatoms. The van der Waals surface area contributed by atoms with Crippen molar-refractivity contribution in [3.05, 3.63) is 52.3 Å². The first-order valence-electron chi connectivity index (χ1n) is 6.24. The zero-order valence-corrected chi connectivity index (χ0v) is 12.5. The zero-order chi connectivity index (χ0) is 14.7. The Bertz CT molecular complexity index is 633. The van der Waals surface area contributed by atoms with Crippen LogP contribution in [0.2, 0.25) is 0 Å². The summed E-state index contributed by atoms with van der Waals surface area (Å²) in [6, 6.07) is 6.94. The van der Waals surface area contributed by atoms with E-state index < -0.39 is 5.97 Å². The van der Waals surface area contributed by atoms with E-state index in [0.717, 1.165) is 27.7 Å². The van der Waals surface area contributed by atoms with Gasteiger partial charge in [0.25, 0.3) is 0 Å². The van der Waals surface area contributed by atoms with Crippen molar-refractivity contribution in [3.63, 3.8) is 0 Å². The third-order valence-electron chi connectivity index (χ3n) is 3.15. The summed E-state index contributed by atoms with van der Waals surface area (Å²) in [5.41, 5.74) is 4.34. The van der Waals surface area contributed by atoms with Gasteiger partial charge in [-0.2, -0.15) is 0 Å². The molecule has 0 saturated heterocycles. The summed E-state index contributed by atoms with van der Waals surface area (Å²) in [6.45, 7) is 5.95. The van der Waals surface area contributed by atoms with Crippen LogP contribution in [0, 0.1) is 20.8 Å². The number of hydrogen-bond donors (Lipinski definition) is 1. The average molecular weight is 288 g/mol. The highest BCUT2D eigenvalue weighted by molar-refractivity contribution is 7.98. The molecule has 2 rings (SSSR count). The molecule has 0 atom stereocenters. The van der Waals surface area contributed by atoms with Crippen LogP contribution < -0.4 is 0 Å². The fourth-order valence-electron chi connectivity index (χ4n) is 1.75. The number of thioether (sulfide) groups is 1. The molecule has 0 unspecified atom stereocenters. The smallest absolute Gasteiger partial charge is 0.335 e. The first-order valence-corrected chi connectivity index (χ1v) is 7.23. The Labute approximate surface area is 122 Å². The number of hydrogen-bond acceptors (Lipinski definition) is 4. The minimum atomic E-state index is -0.907. The lowest BCUT2D eigenvalue weighted by molar-refractivity contribution is 0.0697. The van der Waals surface area contributed by atoms with Gasteiger partial charge in [-0.05, 0) is 44.0 Å². The molecule has 104 valence electrons. The predicted molar refractivity (Wildman–Crippen MR) is 79.2 cm³/mol. The van der Waals surface area contributed by atoms with Crippen LogP contribution in [0.3, 0.4) is 0 Å². The molecule has 1 aromatic heterocycles. The Morgan fingerprint density at radius 2 is 1.85 bits per heavy atom. The topological polar surface area (TPSA) is 63.1 Å². The second kappa shape index (κ2) is 6.05. The fraction of sp³-hybridized carbons (Fsp3) is 0.267. The first-order chi connectivity index (χ1) is 9.47. The lowest BCUT2D eigenvalue weighted by Crippen LogP contribution is -1.99. The lowest BCUT2D eigenvalue weighted by atomic mass is 10.1. The number of aromatic carboxylic acids is 1. The highest BCUT2D eigenvalue weighted by atomic mass is 32.2. The normalized spacial score (nSPS) is 10.6. The van der Waals surface area contributed by atoms with Gasteiger partial charge in [-0.3, -0.25) is 0 Å². The molecule has 0 spiro atoms. The van der Waals surface area contributed by atoms with E-state index in [2.05, 4.69) is 9.97 Å². The molecule has 0 fully saturated rings. The maximum Gasteiger partial charge on any atom is 0.335 e. The van der Waals surface area contributed by atoms with Crippen molar-refractivity contribution in [2.45, 2.75) is 31.7 Å². The highest BCUT2D eigenvalue weighted by Gasteiger charge is 2.07. The van der Waals surface area contributed by atoms with Gasteiger partial charge in [0.2, 0.25) is 0 Å². The van der Waals surface area contributed by atoms with Crippen molar-refractivity contribution < 1.29 is 9.90 Å². The maximum absolute atomic E-state index is 10.9. The van der Waals surface area contributed by atoms with Gasteiger partial charge in [0.15, 0.2) is 5.16 Å². The van der Waals surface area contributed by atoms with Gasteiger partial charge in [0.05, 0.1) is 5.56 Å². The molecule has 0 aliphatic rings. The quantitative estimate of drug-likeness (QED) is 0.690. The number of carboxylic acid groups (broad SMARTS) is 1. The van der Waals surface area contributed by atoms with Crippen LogP contribution >= 0.6 is 11.8 Å². The van der Waals surface area contributed by atoms with Gasteiger partial charge >= 0.3 is 5.97 Å². The average Bonchev–Trinajstić information content (AvgIpc) is 2.42. The van der Waals surface area contributed by atoms with Crippen molar-refractivity contribution in [2.75, 3.05) is 0 Å². The van der Waals surface area contributed by atoms with Gasteiger partial charge in [-0.15, -0.1) is 0 Å². The molecule has 0 aliphatic heterocycles. The molecule has 1 N–H and O–H groups in total. The lowest BCUT2D eigenvalue weighted by Gasteiger charge is -2.07. The largest absolute Gasteiger partial charge is 0.478 e. The highest BCUT2D eigenvalue weighted by Crippen LogP contribution is 2.22. The number of aromatic nitrogens is 2. The molecule has 0 amide bonds. The van der Waals surface area contributed by atoms with Crippen LogP contribution in [0.5, 0.6) is 0 Å². The molecule has 1 heterocycles. The second-order valence-corrected chi connectivity index (χ2v) is 5.54. The Morgan fingerprint density at radius 1 is 1.20 bits per heavy atom. The first kappa shape index (κ1) is 14.5. The molecule has 4 nitrogen and oxygen atoms in total. The Balaban J connectivity index is 2.13. The number of benzene rings is 1. The Kier molecular flexibility index (Phi) is 4.39. The van der Waals surface area contributed by atoms with Crippen LogP contribution in [0.4, 0.5) is 0 Å². The van der Waals surface area contributed by atoms with Gasteiger partial charge in [-0.25, -0.2) is 14.8 Å². The van der Waals surface area contributed by atoms with Crippen LogP contribution in [-0.4, -0.2) is 21.0 Å². The van der Waals surface area contributed by atoms with Crippen molar-refractivity contribution in [1.29, 1.82) is 0 Å². The summed E-state index contributed by atoms with van der Waals surface area (Å²) in [5, 5.41) is 9.69. The second-order valence-electron chi connectivity index (χ2n) is 4.60. The van der Waals surface area contributed by atoms with Gasteiger partial charge in [-0.1, -0.05) is 23.9 Å². The summed E-state index contributed by atoms with van der Waals surface area (Å²) in [4.78, 5) is 19.8. The molecule has 20 heavy (non-hydrogen) atoms. The molecular weight excluding hydrogens is 272 g/mol. The predicted octanol–water partition coefficient (Wildman–Crippen LogP) is 3.39. The van der Waals surface area contributed by atoms with E-state index >= 15 is 0 Å². The maximum atomic E-state index is 10.9. The molecule has 2 aromatic rings. The van der Waals surface area contributed by atoms with Crippen molar-refractivity contribution in [3.8, 4) is 0 Å². The van der Waals surface area contributed by atoms with Crippen molar-refractivity contribution in [2.24, 2.45) is 0 Å². The fourth-order valence-corrected chi connectivity index (χ4v) is 2.63. The van der Waals surface area contributed by atoms with Crippen molar-refractivity contribution >= 4 is 17.7 Å². The number of aryl methyl sites for hydroxylation is 2. The van der Waals surface area contributed by atoms with Crippen LogP contribution in [0.15, 0.2) is 29.4 Å². The van der Waals surface area contributed by atoms with E-state index in [-0.39, 0.29) is 0 Å². The summed E-state index contributed by atoms with van der Waals surface area (Å²) < 4.78 is 0. The minimum absolute atomic E-state index is 0.306. The third kappa shape index (κ3) is 3.36. The SMILES string of the molecule is Cc1nc(SCc2cccc(C(=O)O)c2)nc(C)c1C. The van der Waals surface area contributed by atoms with E-state index in [9.17, 15) is 4.79 Å². The molecule has 0 radical (unpaired) electrons. The summed E-state index contributed by atoms with van der Waals surface area (Å²) in [7, 11) is 0. The molecular formula is C15H16N2O2S. The summed E-state index contributed by atoms with van der Waals surface area (Å²) >= 11 is 1.52. The van der Waals surface area contributed by atoms with Crippen molar-refractivity contribution in [1.82, 2.24) is 9.97 Å². The number of carbonyl (C=O) groups is 1. The monoisotopic (exact) mass is 288 g/mol. The molecule has 0 bridgehead atoms. The number of carboxylic acids is 1. The van der Waals surface area contributed by atoms with E-state index in [0.29, 0.717) is 11.3 Å². The molecule has 0 saturated carbocycles. The summed E-state index contributed by atoms with van der Waals surface area (Å²) in [5.74, 6) is -0.251. The van der Waals surface area contributed by atoms with Gasteiger partial charge < -0.3 is 5.11 Å². The van der Waals surface area contributed by atoms with E-state index in [1.807, 2.05) is 26.8 Å². The minimum Gasteiger partial charge on any atom is -0.478 e. The number of nitrogens with zero attached hydrogens (tertiary/aromatic N) is 2. The van der Waals surface area contributed by atoms with Gasteiger partial charge in [0, 0.05) is 17.1 Å². The van der Waals surface area contributed by atoms with Crippen LogP contribution in [0.25, 0.3) is 0 Å². The van der Waals surface area contributed by atoms with Gasteiger partial charge in [0.1, 0.15) is 0 Å². The standard InChI is InChI=1S/C15H16N2O2S/c1-9-10(2)16-15(17-11(9)3)20-8-12-5-4-6-13(7-12)14(18)19/h4-7H,8H2,1-3H3,(H,18,19). The summed E-state index contributed by atoms with van der Waals surface area (Å²) in [6.07, 6.45) is 0.